The summed E-state index contributed by atoms with van der Waals surface area (Å²) in [6, 6.07) is 9.03. The number of carbonyl (C=O) groups is 2. The number of hydrogen-bond donors (Lipinski definition) is 0. The van der Waals surface area contributed by atoms with Crippen LogP contribution in [0.25, 0.3) is 0 Å². The SMILES string of the molecule is O=C1CN(c2ccccc2)C(=O)N1CN1CCOCC1. The molecule has 0 atom stereocenters. The highest BCUT2D eigenvalue weighted by molar-refractivity contribution is 6.12. The van der Waals surface area contributed by atoms with E-state index in [-0.39, 0.29) is 18.5 Å². The number of amides is 3. The van der Waals surface area contributed by atoms with Gasteiger partial charge in [-0.1, -0.05) is 18.2 Å². The minimum absolute atomic E-state index is 0.118. The first-order valence-electron chi connectivity index (χ1n) is 6.73. The van der Waals surface area contributed by atoms with Gasteiger partial charge in [0, 0.05) is 18.8 Å². The molecule has 2 aliphatic heterocycles. The summed E-state index contributed by atoms with van der Waals surface area (Å²) in [4.78, 5) is 29.3. The standard InChI is InChI=1S/C14H17N3O3/c18-13-10-16(12-4-2-1-3-5-12)14(19)17(13)11-15-6-8-20-9-7-15/h1-5H,6-11H2. The van der Waals surface area contributed by atoms with E-state index in [0.29, 0.717) is 19.9 Å². The Morgan fingerprint density at radius 2 is 1.75 bits per heavy atom. The fourth-order valence-electron chi connectivity index (χ4n) is 2.43. The van der Waals surface area contributed by atoms with Crippen molar-refractivity contribution in [2.45, 2.75) is 0 Å². The van der Waals surface area contributed by atoms with E-state index in [0.717, 1.165) is 18.8 Å². The molecule has 2 heterocycles. The molecule has 6 heteroatoms. The summed E-state index contributed by atoms with van der Waals surface area (Å²) in [5, 5.41) is 0. The fraction of sp³-hybridized carbons (Fsp3) is 0.429. The fourth-order valence-corrected chi connectivity index (χ4v) is 2.43. The molecule has 0 aromatic heterocycles. The van der Waals surface area contributed by atoms with Crippen LogP contribution in [0.2, 0.25) is 0 Å². The Kier molecular flexibility index (Phi) is 3.66. The van der Waals surface area contributed by atoms with E-state index in [1.807, 2.05) is 30.3 Å². The largest absolute Gasteiger partial charge is 0.379 e. The molecule has 106 valence electrons. The number of carbonyl (C=O) groups excluding carboxylic acids is 2. The average molecular weight is 275 g/mol. The zero-order valence-corrected chi connectivity index (χ0v) is 11.2. The van der Waals surface area contributed by atoms with E-state index in [1.54, 1.807) is 0 Å². The number of benzene rings is 1. The van der Waals surface area contributed by atoms with Crippen molar-refractivity contribution in [2.24, 2.45) is 0 Å². The molecule has 0 unspecified atom stereocenters. The number of ether oxygens (including phenoxy) is 1. The lowest BCUT2D eigenvalue weighted by molar-refractivity contribution is -0.127. The number of morpholine rings is 1. The lowest BCUT2D eigenvalue weighted by Crippen LogP contribution is -2.46. The van der Waals surface area contributed by atoms with Crippen molar-refractivity contribution in [3.63, 3.8) is 0 Å². The molecule has 0 N–H and O–H groups in total. The van der Waals surface area contributed by atoms with Crippen LogP contribution in [0.4, 0.5) is 10.5 Å². The first-order chi connectivity index (χ1) is 9.75. The molecule has 2 fully saturated rings. The second-order valence-electron chi connectivity index (χ2n) is 4.90. The molecule has 0 bridgehead atoms. The topological polar surface area (TPSA) is 53.1 Å². The Bertz CT molecular complexity index is 500. The molecule has 3 rings (SSSR count). The lowest BCUT2D eigenvalue weighted by atomic mass is 10.3. The Labute approximate surface area is 117 Å². The molecular weight excluding hydrogens is 258 g/mol. The quantitative estimate of drug-likeness (QED) is 0.764. The van der Waals surface area contributed by atoms with Crippen LogP contribution in [-0.4, -0.2) is 61.3 Å². The van der Waals surface area contributed by atoms with Crippen LogP contribution in [0.1, 0.15) is 0 Å². The summed E-state index contributed by atoms with van der Waals surface area (Å²) < 4.78 is 5.27. The summed E-state index contributed by atoms with van der Waals surface area (Å²) in [7, 11) is 0. The minimum Gasteiger partial charge on any atom is -0.379 e. The maximum atomic E-state index is 12.4. The van der Waals surface area contributed by atoms with E-state index in [1.165, 1.54) is 9.80 Å². The highest BCUT2D eigenvalue weighted by Crippen LogP contribution is 2.20. The highest BCUT2D eigenvalue weighted by Gasteiger charge is 2.37. The molecule has 20 heavy (non-hydrogen) atoms. The van der Waals surface area contributed by atoms with Crippen LogP contribution < -0.4 is 4.90 Å². The van der Waals surface area contributed by atoms with Gasteiger partial charge in [0.1, 0.15) is 6.54 Å². The number of rotatable bonds is 3. The smallest absolute Gasteiger partial charge is 0.332 e. The summed E-state index contributed by atoms with van der Waals surface area (Å²) in [5.41, 5.74) is 0.760. The minimum atomic E-state index is -0.243. The van der Waals surface area contributed by atoms with E-state index < -0.39 is 0 Å². The van der Waals surface area contributed by atoms with Crippen molar-refractivity contribution >= 4 is 17.6 Å². The highest BCUT2D eigenvalue weighted by atomic mass is 16.5. The van der Waals surface area contributed by atoms with Crippen molar-refractivity contribution < 1.29 is 14.3 Å². The number of nitrogens with zero attached hydrogens (tertiary/aromatic N) is 3. The van der Waals surface area contributed by atoms with Gasteiger partial charge in [0.2, 0.25) is 0 Å². The lowest BCUT2D eigenvalue weighted by Gasteiger charge is -2.29. The van der Waals surface area contributed by atoms with Crippen LogP contribution in [0.3, 0.4) is 0 Å². The van der Waals surface area contributed by atoms with Gasteiger partial charge >= 0.3 is 6.03 Å². The Balaban J connectivity index is 1.70. The average Bonchev–Trinajstić information content (AvgIpc) is 2.77. The number of imide groups is 1. The third kappa shape index (κ3) is 2.52. The molecule has 0 spiro atoms. The molecule has 2 saturated heterocycles. The number of anilines is 1. The van der Waals surface area contributed by atoms with Gasteiger partial charge in [0.05, 0.1) is 19.9 Å². The number of para-hydroxylation sites is 1. The zero-order valence-electron chi connectivity index (χ0n) is 11.2. The number of hydrogen-bond acceptors (Lipinski definition) is 4. The van der Waals surface area contributed by atoms with E-state index in [4.69, 9.17) is 4.74 Å². The summed E-state index contributed by atoms with van der Waals surface area (Å²) in [6.45, 7) is 3.28. The van der Waals surface area contributed by atoms with Gasteiger partial charge in [-0.25, -0.2) is 9.69 Å². The van der Waals surface area contributed by atoms with Crippen LogP contribution in [0.5, 0.6) is 0 Å². The molecule has 0 aliphatic carbocycles. The van der Waals surface area contributed by atoms with Gasteiger partial charge in [-0.15, -0.1) is 0 Å². The normalized spacial score (nSPS) is 20.8. The van der Waals surface area contributed by atoms with Crippen LogP contribution in [-0.2, 0) is 9.53 Å². The second kappa shape index (κ2) is 5.60. The van der Waals surface area contributed by atoms with Crippen molar-refractivity contribution in [3.8, 4) is 0 Å². The Morgan fingerprint density at radius 3 is 2.45 bits per heavy atom. The van der Waals surface area contributed by atoms with Crippen molar-refractivity contribution in [1.82, 2.24) is 9.80 Å². The molecule has 3 amide bonds. The molecule has 2 aliphatic rings. The summed E-state index contributed by atoms with van der Waals surface area (Å²) >= 11 is 0. The predicted molar refractivity (Wildman–Crippen MR) is 73.3 cm³/mol. The molecule has 6 nitrogen and oxygen atoms in total. The first kappa shape index (κ1) is 13.1. The molecule has 0 saturated carbocycles. The monoisotopic (exact) mass is 275 g/mol. The predicted octanol–water partition coefficient (Wildman–Crippen LogP) is 0.745. The molecule has 1 aromatic carbocycles. The van der Waals surface area contributed by atoms with Gasteiger partial charge in [-0.3, -0.25) is 14.6 Å². The van der Waals surface area contributed by atoms with Crippen molar-refractivity contribution in [2.75, 3.05) is 44.4 Å². The third-order valence-electron chi connectivity index (χ3n) is 3.57. The molecular formula is C14H17N3O3. The maximum Gasteiger partial charge on any atom is 0.332 e. The van der Waals surface area contributed by atoms with Crippen molar-refractivity contribution in [1.29, 1.82) is 0 Å². The van der Waals surface area contributed by atoms with E-state index >= 15 is 0 Å². The molecule has 0 radical (unpaired) electrons. The van der Waals surface area contributed by atoms with Crippen LogP contribution in [0.15, 0.2) is 30.3 Å². The molecule has 1 aromatic rings. The zero-order chi connectivity index (χ0) is 13.9. The second-order valence-corrected chi connectivity index (χ2v) is 4.90. The van der Waals surface area contributed by atoms with Gasteiger partial charge in [0.15, 0.2) is 0 Å². The summed E-state index contributed by atoms with van der Waals surface area (Å²) in [6.07, 6.45) is 0. The number of urea groups is 1. The van der Waals surface area contributed by atoms with Crippen molar-refractivity contribution in [3.05, 3.63) is 30.3 Å². The van der Waals surface area contributed by atoms with Gasteiger partial charge in [0.25, 0.3) is 5.91 Å². The van der Waals surface area contributed by atoms with Gasteiger partial charge < -0.3 is 4.74 Å². The third-order valence-corrected chi connectivity index (χ3v) is 3.57. The van der Waals surface area contributed by atoms with E-state index in [9.17, 15) is 9.59 Å². The maximum absolute atomic E-state index is 12.4. The van der Waals surface area contributed by atoms with Crippen LogP contribution in [0, 0.1) is 0 Å². The Hall–Kier alpha value is -1.92. The van der Waals surface area contributed by atoms with Gasteiger partial charge in [-0.2, -0.15) is 0 Å². The Morgan fingerprint density at radius 1 is 1.05 bits per heavy atom. The van der Waals surface area contributed by atoms with Gasteiger partial charge in [-0.05, 0) is 12.1 Å². The first-order valence-corrected chi connectivity index (χ1v) is 6.73. The van der Waals surface area contributed by atoms with E-state index in [2.05, 4.69) is 4.90 Å². The summed E-state index contributed by atoms with van der Waals surface area (Å²) in [5.74, 6) is -0.148. The van der Waals surface area contributed by atoms with Crippen LogP contribution >= 0.6 is 0 Å².